The number of amides is 1. The predicted octanol–water partition coefficient (Wildman–Crippen LogP) is 2.06. The van der Waals surface area contributed by atoms with Gasteiger partial charge in [-0.25, -0.2) is 0 Å². The third-order valence-electron chi connectivity index (χ3n) is 2.91. The number of carbonyl (C=O) groups excluding carboxylic acids is 2. The Morgan fingerprint density at radius 3 is 2.43 bits per heavy atom. The summed E-state index contributed by atoms with van der Waals surface area (Å²) in [7, 11) is 1.35. The molecule has 0 aliphatic rings. The van der Waals surface area contributed by atoms with Crippen molar-refractivity contribution >= 4 is 17.6 Å². The maximum atomic E-state index is 11.8. The number of benzene rings is 1. The van der Waals surface area contributed by atoms with Gasteiger partial charge in [0.25, 0.3) is 11.6 Å². The number of hydrogen-bond acceptors (Lipinski definition) is 5. The molecular formula is C14H18N2O5. The van der Waals surface area contributed by atoms with Crippen molar-refractivity contribution in [3.05, 3.63) is 39.9 Å². The zero-order chi connectivity index (χ0) is 15.7. The van der Waals surface area contributed by atoms with Crippen LogP contribution in [0.1, 0.15) is 36.0 Å². The minimum atomic E-state index is -0.511. The number of esters is 1. The second-order valence-corrected chi connectivity index (χ2v) is 4.45. The van der Waals surface area contributed by atoms with Crippen LogP contribution >= 0.6 is 0 Å². The SMILES string of the molecule is COC(=O)CCCCCNC(=O)c1ccc([N+](=O)[O-])cc1. The molecule has 1 aromatic rings. The van der Waals surface area contributed by atoms with E-state index in [-0.39, 0.29) is 17.6 Å². The van der Waals surface area contributed by atoms with E-state index in [0.717, 1.165) is 19.3 Å². The zero-order valence-electron chi connectivity index (χ0n) is 11.8. The van der Waals surface area contributed by atoms with Gasteiger partial charge in [0.2, 0.25) is 0 Å². The highest BCUT2D eigenvalue weighted by atomic mass is 16.6. The Bertz CT molecular complexity index is 499. The summed E-state index contributed by atoms with van der Waals surface area (Å²) >= 11 is 0. The molecule has 0 saturated heterocycles. The molecule has 1 rings (SSSR count). The Labute approximate surface area is 122 Å². The molecule has 0 atom stereocenters. The first-order chi connectivity index (χ1) is 10.0. The Hall–Kier alpha value is -2.44. The summed E-state index contributed by atoms with van der Waals surface area (Å²) < 4.78 is 4.52. The van der Waals surface area contributed by atoms with Crippen LogP contribution in [0.15, 0.2) is 24.3 Å². The van der Waals surface area contributed by atoms with Gasteiger partial charge in [0, 0.05) is 30.7 Å². The van der Waals surface area contributed by atoms with Crippen molar-refractivity contribution in [1.29, 1.82) is 0 Å². The number of nitro groups is 1. The smallest absolute Gasteiger partial charge is 0.305 e. The van der Waals surface area contributed by atoms with Gasteiger partial charge in [-0.05, 0) is 25.0 Å². The third kappa shape index (κ3) is 6.03. The topological polar surface area (TPSA) is 98.5 Å². The fourth-order valence-electron chi connectivity index (χ4n) is 1.71. The number of methoxy groups -OCH3 is 1. The second-order valence-electron chi connectivity index (χ2n) is 4.45. The van der Waals surface area contributed by atoms with E-state index in [2.05, 4.69) is 10.1 Å². The van der Waals surface area contributed by atoms with Crippen molar-refractivity contribution < 1.29 is 19.2 Å². The van der Waals surface area contributed by atoms with Gasteiger partial charge in [-0.1, -0.05) is 6.42 Å². The van der Waals surface area contributed by atoms with E-state index in [1.807, 2.05) is 0 Å². The lowest BCUT2D eigenvalue weighted by molar-refractivity contribution is -0.384. The lowest BCUT2D eigenvalue weighted by Crippen LogP contribution is -2.24. The summed E-state index contributed by atoms with van der Waals surface area (Å²) in [5.41, 5.74) is 0.338. The van der Waals surface area contributed by atoms with E-state index in [0.29, 0.717) is 18.5 Å². The molecule has 0 aromatic heterocycles. The molecule has 0 bridgehead atoms. The summed E-state index contributed by atoms with van der Waals surface area (Å²) in [5, 5.41) is 13.2. The molecule has 1 amide bonds. The van der Waals surface area contributed by atoms with Crippen LogP contribution in [0.2, 0.25) is 0 Å². The third-order valence-corrected chi connectivity index (χ3v) is 2.91. The first-order valence-corrected chi connectivity index (χ1v) is 6.64. The van der Waals surface area contributed by atoms with E-state index in [9.17, 15) is 19.7 Å². The lowest BCUT2D eigenvalue weighted by Gasteiger charge is -2.05. The molecule has 114 valence electrons. The summed E-state index contributed by atoms with van der Waals surface area (Å²) in [6.07, 6.45) is 2.68. The molecule has 0 fully saturated rings. The van der Waals surface area contributed by atoms with Gasteiger partial charge >= 0.3 is 5.97 Å². The average molecular weight is 294 g/mol. The number of nitrogens with zero attached hydrogens (tertiary/aromatic N) is 1. The Balaban J connectivity index is 2.24. The molecule has 21 heavy (non-hydrogen) atoms. The van der Waals surface area contributed by atoms with E-state index >= 15 is 0 Å². The molecule has 0 aliphatic heterocycles. The predicted molar refractivity (Wildman–Crippen MR) is 75.9 cm³/mol. The molecular weight excluding hydrogens is 276 g/mol. The monoisotopic (exact) mass is 294 g/mol. The molecule has 7 heteroatoms. The summed E-state index contributed by atoms with van der Waals surface area (Å²) in [5.74, 6) is -0.497. The number of carbonyl (C=O) groups is 2. The van der Waals surface area contributed by atoms with E-state index in [1.165, 1.54) is 31.4 Å². The highest BCUT2D eigenvalue weighted by Crippen LogP contribution is 2.11. The maximum absolute atomic E-state index is 11.8. The first-order valence-electron chi connectivity index (χ1n) is 6.64. The highest BCUT2D eigenvalue weighted by Gasteiger charge is 2.08. The van der Waals surface area contributed by atoms with Crippen LogP contribution in [0, 0.1) is 10.1 Å². The quantitative estimate of drug-likeness (QED) is 0.342. The number of ether oxygens (including phenoxy) is 1. The Morgan fingerprint density at radius 1 is 1.19 bits per heavy atom. The largest absolute Gasteiger partial charge is 0.469 e. The van der Waals surface area contributed by atoms with Crippen molar-refractivity contribution in [2.75, 3.05) is 13.7 Å². The van der Waals surface area contributed by atoms with Crippen molar-refractivity contribution in [1.82, 2.24) is 5.32 Å². The van der Waals surface area contributed by atoms with Gasteiger partial charge in [-0.2, -0.15) is 0 Å². The zero-order valence-corrected chi connectivity index (χ0v) is 11.8. The van der Waals surface area contributed by atoms with Crippen LogP contribution in [0.3, 0.4) is 0 Å². The highest BCUT2D eigenvalue weighted by molar-refractivity contribution is 5.94. The van der Waals surface area contributed by atoms with E-state index in [4.69, 9.17) is 0 Å². The molecule has 0 radical (unpaired) electrons. The minimum absolute atomic E-state index is 0.0469. The summed E-state index contributed by atoms with van der Waals surface area (Å²) in [6.45, 7) is 0.497. The van der Waals surface area contributed by atoms with Gasteiger partial charge in [-0.3, -0.25) is 19.7 Å². The minimum Gasteiger partial charge on any atom is -0.469 e. The molecule has 1 aromatic carbocycles. The Morgan fingerprint density at radius 2 is 1.86 bits per heavy atom. The first kappa shape index (κ1) is 16.6. The van der Waals surface area contributed by atoms with E-state index in [1.54, 1.807) is 0 Å². The number of unbranched alkanes of at least 4 members (excludes halogenated alkanes) is 2. The fourth-order valence-corrected chi connectivity index (χ4v) is 1.71. The number of hydrogen-bond donors (Lipinski definition) is 1. The van der Waals surface area contributed by atoms with Crippen LogP contribution in [-0.2, 0) is 9.53 Å². The molecule has 0 heterocycles. The number of rotatable bonds is 8. The summed E-state index contributed by atoms with van der Waals surface area (Å²) in [4.78, 5) is 32.6. The molecule has 0 aliphatic carbocycles. The van der Waals surface area contributed by atoms with Crippen LogP contribution in [0.5, 0.6) is 0 Å². The fraction of sp³-hybridized carbons (Fsp3) is 0.429. The van der Waals surface area contributed by atoms with Crippen LogP contribution in [-0.4, -0.2) is 30.5 Å². The maximum Gasteiger partial charge on any atom is 0.305 e. The van der Waals surface area contributed by atoms with Gasteiger partial charge in [0.15, 0.2) is 0 Å². The standard InChI is InChI=1S/C14H18N2O5/c1-21-13(17)5-3-2-4-10-15-14(18)11-6-8-12(9-7-11)16(19)20/h6-9H,2-5,10H2,1H3,(H,15,18). The Kier molecular flexibility index (Phi) is 6.86. The van der Waals surface area contributed by atoms with Gasteiger partial charge in [0.1, 0.15) is 0 Å². The molecule has 0 saturated carbocycles. The summed E-state index contributed by atoms with van der Waals surface area (Å²) in [6, 6.07) is 5.44. The van der Waals surface area contributed by atoms with Crippen LogP contribution in [0.4, 0.5) is 5.69 Å². The number of nitrogens with one attached hydrogen (secondary N) is 1. The van der Waals surface area contributed by atoms with Crippen molar-refractivity contribution in [3.8, 4) is 0 Å². The average Bonchev–Trinajstić information content (AvgIpc) is 2.50. The number of non-ortho nitro benzene ring substituents is 1. The van der Waals surface area contributed by atoms with Crippen LogP contribution < -0.4 is 5.32 Å². The van der Waals surface area contributed by atoms with Crippen LogP contribution in [0.25, 0.3) is 0 Å². The van der Waals surface area contributed by atoms with Gasteiger partial charge in [0.05, 0.1) is 12.0 Å². The van der Waals surface area contributed by atoms with Gasteiger partial charge < -0.3 is 10.1 Å². The second kappa shape index (κ2) is 8.68. The van der Waals surface area contributed by atoms with Crippen molar-refractivity contribution in [3.63, 3.8) is 0 Å². The normalized spacial score (nSPS) is 9.95. The molecule has 0 unspecified atom stereocenters. The lowest BCUT2D eigenvalue weighted by atomic mass is 10.1. The molecule has 7 nitrogen and oxygen atoms in total. The van der Waals surface area contributed by atoms with E-state index < -0.39 is 4.92 Å². The number of nitro benzene ring substituents is 1. The van der Waals surface area contributed by atoms with Crippen molar-refractivity contribution in [2.24, 2.45) is 0 Å². The molecule has 1 N–H and O–H groups in total. The molecule has 0 spiro atoms. The van der Waals surface area contributed by atoms with Gasteiger partial charge in [-0.15, -0.1) is 0 Å². The van der Waals surface area contributed by atoms with Crippen molar-refractivity contribution in [2.45, 2.75) is 25.7 Å².